The second-order valence-electron chi connectivity index (χ2n) is 5.09. The van der Waals surface area contributed by atoms with E-state index in [0.29, 0.717) is 23.4 Å². The molecule has 0 spiro atoms. The Kier molecular flexibility index (Phi) is 4.71. The van der Waals surface area contributed by atoms with Crippen LogP contribution in [0.25, 0.3) is 10.7 Å². The number of anilines is 1. The van der Waals surface area contributed by atoms with Gasteiger partial charge in [0.25, 0.3) is 0 Å². The summed E-state index contributed by atoms with van der Waals surface area (Å²) in [5.74, 6) is -0.0763. The summed E-state index contributed by atoms with van der Waals surface area (Å²) in [5, 5.41) is 11.9. The highest BCUT2D eigenvalue weighted by molar-refractivity contribution is 7.18. The molecule has 1 saturated heterocycles. The van der Waals surface area contributed by atoms with E-state index in [9.17, 15) is 4.79 Å². The molecule has 3 rings (SSSR count). The Balaban J connectivity index is 1.63. The van der Waals surface area contributed by atoms with E-state index < -0.39 is 6.04 Å². The number of nitrogens with two attached hydrogens (primary N) is 1. The van der Waals surface area contributed by atoms with Gasteiger partial charge in [0, 0.05) is 19.4 Å². The van der Waals surface area contributed by atoms with Crippen LogP contribution in [0.15, 0.2) is 24.4 Å². The molecule has 0 aromatic carbocycles. The van der Waals surface area contributed by atoms with Crippen LogP contribution in [-0.2, 0) is 9.53 Å². The minimum atomic E-state index is -0.550. The summed E-state index contributed by atoms with van der Waals surface area (Å²) in [5.41, 5.74) is 6.76. The van der Waals surface area contributed by atoms with Crippen molar-refractivity contribution in [2.45, 2.75) is 18.9 Å². The number of carbonyl (C=O) groups is 1. The average Bonchev–Trinajstić information content (AvgIpc) is 3.04. The van der Waals surface area contributed by atoms with Crippen LogP contribution >= 0.6 is 11.3 Å². The molecule has 0 radical (unpaired) electrons. The zero-order valence-electron chi connectivity index (χ0n) is 11.9. The number of aromatic nitrogens is 3. The zero-order valence-corrected chi connectivity index (χ0v) is 12.8. The molecule has 7 nitrogen and oxygen atoms in total. The monoisotopic (exact) mass is 319 g/mol. The highest BCUT2D eigenvalue weighted by Gasteiger charge is 2.27. The number of nitrogens with one attached hydrogen (secondary N) is 1. The van der Waals surface area contributed by atoms with Crippen molar-refractivity contribution < 1.29 is 9.53 Å². The predicted octanol–water partition coefficient (Wildman–Crippen LogP) is 1.29. The van der Waals surface area contributed by atoms with Gasteiger partial charge in [0.05, 0.1) is 6.04 Å². The van der Waals surface area contributed by atoms with Crippen LogP contribution in [0.1, 0.15) is 12.8 Å². The summed E-state index contributed by atoms with van der Waals surface area (Å²) in [6.45, 7) is 1.32. The molecule has 116 valence electrons. The van der Waals surface area contributed by atoms with Gasteiger partial charge in [0.15, 0.2) is 5.01 Å². The van der Waals surface area contributed by atoms with E-state index in [-0.39, 0.29) is 11.8 Å². The first-order valence-corrected chi connectivity index (χ1v) is 7.95. The van der Waals surface area contributed by atoms with E-state index in [1.807, 2.05) is 18.2 Å². The molecular weight excluding hydrogens is 302 g/mol. The van der Waals surface area contributed by atoms with E-state index in [0.717, 1.165) is 18.5 Å². The molecule has 1 aliphatic heterocycles. The molecule has 3 heterocycles. The SMILES string of the molecule is NC(C(=O)Nc1nnc(-c2ccccn2)s1)C1CCOCC1. The molecule has 1 atom stereocenters. The number of ether oxygens (including phenoxy) is 1. The summed E-state index contributed by atoms with van der Waals surface area (Å²) in [4.78, 5) is 16.4. The van der Waals surface area contributed by atoms with Crippen LogP contribution in [-0.4, -0.2) is 40.3 Å². The van der Waals surface area contributed by atoms with E-state index >= 15 is 0 Å². The van der Waals surface area contributed by atoms with Crippen molar-refractivity contribution in [1.82, 2.24) is 15.2 Å². The van der Waals surface area contributed by atoms with Crippen LogP contribution in [0.3, 0.4) is 0 Å². The molecule has 3 N–H and O–H groups in total. The Hall–Kier alpha value is -1.90. The lowest BCUT2D eigenvalue weighted by Gasteiger charge is -2.26. The first kappa shape index (κ1) is 15.0. The molecule has 1 aliphatic rings. The number of pyridine rings is 1. The number of hydrogen-bond acceptors (Lipinski definition) is 7. The molecule has 1 unspecified atom stereocenters. The summed E-state index contributed by atoms with van der Waals surface area (Å²) >= 11 is 1.28. The number of nitrogens with zero attached hydrogens (tertiary/aromatic N) is 3. The third-order valence-corrected chi connectivity index (χ3v) is 4.48. The lowest BCUT2D eigenvalue weighted by atomic mass is 9.92. The zero-order chi connectivity index (χ0) is 15.4. The molecule has 1 amide bonds. The van der Waals surface area contributed by atoms with Crippen LogP contribution < -0.4 is 11.1 Å². The van der Waals surface area contributed by atoms with Gasteiger partial charge in [-0.2, -0.15) is 0 Å². The van der Waals surface area contributed by atoms with Crippen molar-refractivity contribution in [3.05, 3.63) is 24.4 Å². The Labute approximate surface area is 131 Å². The standard InChI is InChI=1S/C14H17N5O2S/c15-11(9-4-7-21-8-5-9)12(20)17-14-19-18-13(22-14)10-3-1-2-6-16-10/h1-3,6,9,11H,4-5,7-8,15H2,(H,17,19,20). The maximum Gasteiger partial charge on any atom is 0.243 e. The summed E-state index contributed by atoms with van der Waals surface area (Å²) in [6, 6.07) is 5.01. The Bertz CT molecular complexity index is 627. The molecule has 1 fully saturated rings. The van der Waals surface area contributed by atoms with Crippen LogP contribution in [0.2, 0.25) is 0 Å². The minimum absolute atomic E-state index is 0.150. The Morgan fingerprint density at radius 3 is 2.91 bits per heavy atom. The van der Waals surface area contributed by atoms with Gasteiger partial charge in [-0.15, -0.1) is 10.2 Å². The number of hydrogen-bond donors (Lipinski definition) is 2. The van der Waals surface area contributed by atoms with Crippen molar-refractivity contribution in [3.63, 3.8) is 0 Å². The topological polar surface area (TPSA) is 103 Å². The fourth-order valence-electron chi connectivity index (χ4n) is 2.34. The van der Waals surface area contributed by atoms with E-state index in [1.165, 1.54) is 11.3 Å². The molecule has 2 aromatic rings. The smallest absolute Gasteiger partial charge is 0.243 e. The van der Waals surface area contributed by atoms with Gasteiger partial charge in [0.2, 0.25) is 11.0 Å². The van der Waals surface area contributed by atoms with Gasteiger partial charge in [-0.25, -0.2) is 0 Å². The lowest BCUT2D eigenvalue weighted by Crippen LogP contribution is -2.43. The minimum Gasteiger partial charge on any atom is -0.381 e. The largest absolute Gasteiger partial charge is 0.381 e. The van der Waals surface area contributed by atoms with Crippen LogP contribution in [0.5, 0.6) is 0 Å². The first-order chi connectivity index (χ1) is 10.7. The van der Waals surface area contributed by atoms with Gasteiger partial charge in [-0.05, 0) is 30.9 Å². The molecule has 0 saturated carbocycles. The fraction of sp³-hybridized carbons (Fsp3) is 0.429. The van der Waals surface area contributed by atoms with Crippen molar-refractivity contribution in [2.24, 2.45) is 11.7 Å². The van der Waals surface area contributed by atoms with Gasteiger partial charge < -0.3 is 10.5 Å². The van der Waals surface area contributed by atoms with Crippen molar-refractivity contribution in [1.29, 1.82) is 0 Å². The Morgan fingerprint density at radius 1 is 1.36 bits per heavy atom. The second kappa shape index (κ2) is 6.91. The van der Waals surface area contributed by atoms with Crippen LogP contribution in [0, 0.1) is 5.92 Å². The molecule has 22 heavy (non-hydrogen) atoms. The maximum absolute atomic E-state index is 12.2. The average molecular weight is 319 g/mol. The maximum atomic E-state index is 12.2. The highest BCUT2D eigenvalue weighted by Crippen LogP contribution is 2.25. The number of rotatable bonds is 4. The van der Waals surface area contributed by atoms with Gasteiger partial charge in [-0.1, -0.05) is 17.4 Å². The van der Waals surface area contributed by atoms with Gasteiger partial charge in [-0.3, -0.25) is 15.1 Å². The third-order valence-electron chi connectivity index (χ3n) is 3.62. The molecule has 0 aliphatic carbocycles. The van der Waals surface area contributed by atoms with E-state index in [4.69, 9.17) is 10.5 Å². The summed E-state index contributed by atoms with van der Waals surface area (Å²) in [6.07, 6.45) is 3.31. The molecule has 2 aromatic heterocycles. The van der Waals surface area contributed by atoms with Crippen molar-refractivity contribution >= 4 is 22.4 Å². The Morgan fingerprint density at radius 2 is 2.18 bits per heavy atom. The predicted molar refractivity (Wildman–Crippen MR) is 83.3 cm³/mol. The molecular formula is C14H17N5O2S. The summed E-state index contributed by atoms with van der Waals surface area (Å²) < 4.78 is 5.29. The normalized spacial score (nSPS) is 17.1. The highest BCUT2D eigenvalue weighted by atomic mass is 32.1. The van der Waals surface area contributed by atoms with E-state index in [1.54, 1.807) is 6.20 Å². The lowest BCUT2D eigenvalue weighted by molar-refractivity contribution is -0.119. The van der Waals surface area contributed by atoms with Gasteiger partial charge in [0.1, 0.15) is 5.69 Å². The summed E-state index contributed by atoms with van der Waals surface area (Å²) in [7, 11) is 0. The van der Waals surface area contributed by atoms with Crippen molar-refractivity contribution in [2.75, 3.05) is 18.5 Å². The third kappa shape index (κ3) is 3.46. The first-order valence-electron chi connectivity index (χ1n) is 7.13. The van der Waals surface area contributed by atoms with Gasteiger partial charge >= 0.3 is 0 Å². The molecule has 8 heteroatoms. The molecule has 0 bridgehead atoms. The number of amides is 1. The van der Waals surface area contributed by atoms with Crippen LogP contribution in [0.4, 0.5) is 5.13 Å². The van der Waals surface area contributed by atoms with Crippen molar-refractivity contribution in [3.8, 4) is 10.7 Å². The van der Waals surface area contributed by atoms with E-state index in [2.05, 4.69) is 20.5 Å². The number of carbonyl (C=O) groups excluding carboxylic acids is 1. The fourth-order valence-corrected chi connectivity index (χ4v) is 3.07. The quantitative estimate of drug-likeness (QED) is 0.880. The second-order valence-corrected chi connectivity index (χ2v) is 6.07.